The van der Waals surface area contributed by atoms with Gasteiger partial charge in [-0.2, -0.15) is 0 Å². The Balaban J connectivity index is 3.23. The van der Waals surface area contributed by atoms with Gasteiger partial charge in [-0.3, -0.25) is 0 Å². The van der Waals surface area contributed by atoms with Crippen molar-refractivity contribution in [3.05, 3.63) is 41.6 Å². The Morgan fingerprint density at radius 3 is 2.47 bits per heavy atom. The molecule has 0 bridgehead atoms. The lowest BCUT2D eigenvalue weighted by atomic mass is 10.0. The van der Waals surface area contributed by atoms with Crippen LogP contribution in [-0.4, -0.2) is 20.8 Å². The van der Waals surface area contributed by atoms with E-state index in [0.29, 0.717) is 29.7 Å². The smallest absolute Gasteiger partial charge is 0.190 e. The molecule has 0 unspecified atom stereocenters. The second-order valence-electron chi connectivity index (χ2n) is 3.75. The van der Waals surface area contributed by atoms with E-state index in [4.69, 9.17) is 25.8 Å². The molecule has 3 nitrogen and oxygen atoms in total. The van der Waals surface area contributed by atoms with Crippen molar-refractivity contribution in [1.29, 1.82) is 0 Å². The van der Waals surface area contributed by atoms with E-state index < -0.39 is 0 Å². The summed E-state index contributed by atoms with van der Waals surface area (Å²) in [6.45, 7) is 6.15. The largest absolute Gasteiger partial charge is 0.493 e. The van der Waals surface area contributed by atoms with E-state index >= 15 is 0 Å². The Morgan fingerprint density at radius 1 is 1.26 bits per heavy atom. The molecular weight excluding hydrogens is 264 g/mol. The van der Waals surface area contributed by atoms with Crippen LogP contribution < -0.4 is 9.47 Å². The summed E-state index contributed by atoms with van der Waals surface area (Å²) in [6, 6.07) is 5.63. The van der Waals surface area contributed by atoms with Gasteiger partial charge in [-0.05, 0) is 42.6 Å². The second-order valence-corrected chi connectivity index (χ2v) is 4.09. The van der Waals surface area contributed by atoms with Gasteiger partial charge in [0.1, 0.15) is 0 Å². The zero-order chi connectivity index (χ0) is 14.3. The Bertz CT molecular complexity index is 466. The summed E-state index contributed by atoms with van der Waals surface area (Å²) in [4.78, 5) is 0. The first kappa shape index (κ1) is 15.4. The summed E-state index contributed by atoms with van der Waals surface area (Å²) in [7, 11) is 3.20. The van der Waals surface area contributed by atoms with Crippen molar-refractivity contribution in [2.24, 2.45) is 0 Å². The first-order valence-electron chi connectivity index (χ1n) is 6.02. The molecule has 0 spiro atoms. The number of halogens is 1. The van der Waals surface area contributed by atoms with Gasteiger partial charge in [-0.25, -0.2) is 0 Å². The first-order chi connectivity index (χ1) is 9.17. The molecule has 0 heterocycles. The van der Waals surface area contributed by atoms with E-state index in [1.54, 1.807) is 20.3 Å². The fourth-order valence-corrected chi connectivity index (χ4v) is 1.99. The molecule has 0 atom stereocenters. The lowest BCUT2D eigenvalue weighted by molar-refractivity contribution is 0.256. The molecule has 0 aliphatic heterocycles. The van der Waals surface area contributed by atoms with Gasteiger partial charge in [0.25, 0.3) is 0 Å². The lowest BCUT2D eigenvalue weighted by Crippen LogP contribution is -1.95. The summed E-state index contributed by atoms with van der Waals surface area (Å²) in [5.74, 6) is 1.33. The van der Waals surface area contributed by atoms with Crippen molar-refractivity contribution >= 4 is 17.2 Å². The van der Waals surface area contributed by atoms with Crippen LogP contribution in [0, 0.1) is 0 Å². The van der Waals surface area contributed by atoms with Crippen LogP contribution >= 0.6 is 11.6 Å². The van der Waals surface area contributed by atoms with E-state index in [1.807, 2.05) is 25.1 Å². The van der Waals surface area contributed by atoms with Gasteiger partial charge in [-0.15, -0.1) is 6.58 Å². The van der Waals surface area contributed by atoms with Gasteiger partial charge in [0, 0.05) is 5.57 Å². The molecule has 1 aromatic rings. The zero-order valence-corrected chi connectivity index (χ0v) is 12.3. The van der Waals surface area contributed by atoms with E-state index in [-0.39, 0.29) is 0 Å². The van der Waals surface area contributed by atoms with Crippen LogP contribution in [0.3, 0.4) is 0 Å². The Labute approximate surface area is 119 Å². The number of hydrogen-bond acceptors (Lipinski definition) is 3. The Morgan fingerprint density at radius 2 is 1.95 bits per heavy atom. The van der Waals surface area contributed by atoms with Crippen LogP contribution in [-0.2, 0) is 4.74 Å². The van der Waals surface area contributed by atoms with Crippen molar-refractivity contribution in [1.82, 2.24) is 0 Å². The molecule has 1 aromatic carbocycles. The monoisotopic (exact) mass is 282 g/mol. The summed E-state index contributed by atoms with van der Waals surface area (Å²) in [6.07, 6.45) is 2.40. The number of hydrogen-bond donors (Lipinski definition) is 0. The van der Waals surface area contributed by atoms with Gasteiger partial charge < -0.3 is 14.2 Å². The molecule has 19 heavy (non-hydrogen) atoms. The number of ether oxygens (including phenoxy) is 3. The molecule has 0 radical (unpaired) electrons. The highest BCUT2D eigenvalue weighted by Crippen LogP contribution is 2.33. The molecule has 1 rings (SSSR count). The topological polar surface area (TPSA) is 27.7 Å². The maximum absolute atomic E-state index is 6.17. The van der Waals surface area contributed by atoms with Gasteiger partial charge in [0.15, 0.2) is 16.7 Å². The van der Waals surface area contributed by atoms with E-state index in [1.165, 1.54) is 0 Å². The van der Waals surface area contributed by atoms with Crippen molar-refractivity contribution in [3.63, 3.8) is 0 Å². The average Bonchev–Trinajstić information content (AvgIpc) is 2.44. The van der Waals surface area contributed by atoms with Gasteiger partial charge >= 0.3 is 0 Å². The minimum absolute atomic E-state index is 0.384. The van der Waals surface area contributed by atoms with E-state index in [2.05, 4.69) is 6.58 Å². The molecule has 4 heteroatoms. The maximum atomic E-state index is 6.17. The van der Waals surface area contributed by atoms with Crippen LogP contribution in [0.4, 0.5) is 0 Å². The third-order valence-electron chi connectivity index (χ3n) is 2.59. The van der Waals surface area contributed by atoms with Crippen molar-refractivity contribution in [2.45, 2.75) is 13.3 Å². The average molecular weight is 283 g/mol. The molecule has 0 amide bonds. The standard InChI is InChI=1S/C15H19ClO3/c1-5-7-12(15(16)19-6-2)11-8-9-13(17-3)14(10-11)18-4/h5,8-10H,1,6-7H2,2-4H3/b15-12-. The van der Waals surface area contributed by atoms with Crippen LogP contribution in [0.1, 0.15) is 18.9 Å². The highest BCUT2D eigenvalue weighted by Gasteiger charge is 2.11. The maximum Gasteiger partial charge on any atom is 0.190 e. The molecule has 104 valence electrons. The third-order valence-corrected chi connectivity index (χ3v) is 2.93. The molecule has 0 aromatic heterocycles. The normalized spacial score (nSPS) is 11.6. The SMILES string of the molecule is C=CC/C(=C(\Cl)OCC)c1ccc(OC)c(OC)c1. The summed E-state index contributed by atoms with van der Waals surface area (Å²) in [5, 5.41) is 0.384. The van der Waals surface area contributed by atoms with Gasteiger partial charge in [0.2, 0.25) is 0 Å². The summed E-state index contributed by atoms with van der Waals surface area (Å²) in [5.41, 5.74) is 1.80. The van der Waals surface area contributed by atoms with Crippen molar-refractivity contribution in [2.75, 3.05) is 20.8 Å². The zero-order valence-electron chi connectivity index (χ0n) is 11.5. The molecule has 0 saturated heterocycles. The molecule has 0 aliphatic carbocycles. The van der Waals surface area contributed by atoms with Crippen LogP contribution in [0.2, 0.25) is 0 Å². The number of allylic oxidation sites excluding steroid dienone is 2. The predicted molar refractivity (Wildman–Crippen MR) is 78.8 cm³/mol. The molecule has 0 N–H and O–H groups in total. The highest BCUT2D eigenvalue weighted by atomic mass is 35.5. The van der Waals surface area contributed by atoms with Crippen LogP contribution in [0.15, 0.2) is 36.1 Å². The minimum atomic E-state index is 0.384. The molecule has 0 aliphatic rings. The number of methoxy groups -OCH3 is 2. The number of benzene rings is 1. The van der Waals surface area contributed by atoms with Gasteiger partial charge in [-0.1, -0.05) is 12.1 Å². The molecule has 0 saturated carbocycles. The van der Waals surface area contributed by atoms with E-state index in [0.717, 1.165) is 11.1 Å². The van der Waals surface area contributed by atoms with Crippen LogP contribution in [0.5, 0.6) is 11.5 Å². The lowest BCUT2D eigenvalue weighted by Gasteiger charge is -2.13. The molecular formula is C15H19ClO3. The first-order valence-corrected chi connectivity index (χ1v) is 6.40. The molecule has 0 fully saturated rings. The van der Waals surface area contributed by atoms with Crippen molar-refractivity contribution in [3.8, 4) is 11.5 Å². The fourth-order valence-electron chi connectivity index (χ4n) is 1.69. The Hall–Kier alpha value is -1.61. The summed E-state index contributed by atoms with van der Waals surface area (Å²) < 4.78 is 15.9. The summed E-state index contributed by atoms with van der Waals surface area (Å²) >= 11 is 6.17. The van der Waals surface area contributed by atoms with Gasteiger partial charge in [0.05, 0.1) is 20.8 Å². The third kappa shape index (κ3) is 3.93. The minimum Gasteiger partial charge on any atom is -0.493 e. The van der Waals surface area contributed by atoms with Crippen LogP contribution in [0.25, 0.3) is 5.57 Å². The highest BCUT2D eigenvalue weighted by molar-refractivity contribution is 6.31. The predicted octanol–water partition coefficient (Wildman–Crippen LogP) is 4.22. The quantitative estimate of drug-likeness (QED) is 0.553. The van der Waals surface area contributed by atoms with E-state index in [9.17, 15) is 0 Å². The number of rotatable bonds is 7. The van der Waals surface area contributed by atoms with Crippen molar-refractivity contribution < 1.29 is 14.2 Å². The fraction of sp³-hybridized carbons (Fsp3) is 0.333. The second kappa shape index (κ2) is 7.74. The Kier molecular flexibility index (Phi) is 6.30.